The van der Waals surface area contributed by atoms with Gasteiger partial charge in [0.2, 0.25) is 0 Å². The van der Waals surface area contributed by atoms with Gasteiger partial charge in [-0.25, -0.2) is 4.79 Å². The van der Waals surface area contributed by atoms with Gasteiger partial charge in [-0.2, -0.15) is 0 Å². The number of rotatable bonds is 16. The summed E-state index contributed by atoms with van der Waals surface area (Å²) in [6.07, 6.45) is 18.2. The van der Waals surface area contributed by atoms with Crippen molar-refractivity contribution in [3.05, 3.63) is 82.0 Å². The average Bonchev–Trinajstić information content (AvgIpc) is 3.45. The molecule has 0 aliphatic heterocycles. The van der Waals surface area contributed by atoms with E-state index >= 15 is 0 Å². The van der Waals surface area contributed by atoms with Gasteiger partial charge in [-0.15, -0.1) is 0 Å². The first kappa shape index (κ1) is 46.3. The molecule has 8 atom stereocenters. The fraction of sp³-hybridized carbons (Fsp3) is 0.627. The molecule has 1 aromatic rings. The van der Waals surface area contributed by atoms with Crippen molar-refractivity contribution in [3.63, 3.8) is 0 Å². The Hall–Kier alpha value is -3.75. The molecule has 3 unspecified atom stereocenters. The van der Waals surface area contributed by atoms with Crippen LogP contribution in [0.15, 0.2) is 76.4 Å². The molecule has 59 heavy (non-hydrogen) atoms. The number of Topliss-reactive ketones (excluding diaryl/α,β-unsaturated/α-hetero) is 1. The summed E-state index contributed by atoms with van der Waals surface area (Å²) >= 11 is 0. The predicted molar refractivity (Wildman–Crippen MR) is 234 cm³/mol. The predicted octanol–water partition coefficient (Wildman–Crippen LogP) is 10.8. The van der Waals surface area contributed by atoms with E-state index in [0.717, 1.165) is 62.7 Å². The maximum atomic E-state index is 13.5. The van der Waals surface area contributed by atoms with Crippen molar-refractivity contribution in [1.29, 1.82) is 0 Å². The van der Waals surface area contributed by atoms with Crippen LogP contribution in [0.5, 0.6) is 11.5 Å². The number of ether oxygens (including phenoxy) is 1. The molecule has 1 aromatic carbocycles. The quantitative estimate of drug-likeness (QED) is 0.0425. The van der Waals surface area contributed by atoms with E-state index in [1.165, 1.54) is 35.8 Å². The highest BCUT2D eigenvalue weighted by molar-refractivity contribution is 6.10. The summed E-state index contributed by atoms with van der Waals surface area (Å²) in [7, 11) is 0. The van der Waals surface area contributed by atoms with Crippen LogP contribution >= 0.6 is 0 Å². The monoisotopic (exact) mass is 813 g/mol. The first-order chi connectivity index (χ1) is 27.5. The largest absolute Gasteiger partial charge is 0.508 e. The van der Waals surface area contributed by atoms with Gasteiger partial charge >= 0.3 is 5.97 Å². The molecule has 0 radical (unpaired) electrons. The molecule has 0 amide bonds. The van der Waals surface area contributed by atoms with Gasteiger partial charge in [-0.05, 0) is 168 Å². The number of benzene rings is 1. The minimum absolute atomic E-state index is 0.00307. The van der Waals surface area contributed by atoms with Crippen LogP contribution in [0.3, 0.4) is 0 Å². The molecule has 324 valence electrons. The SMILES string of the molecule is CC(C)=CCC/C(C)=C/CC/C(=C/C(=O)c1cc(O)ccc1O)C(=O)OCC(C)(O)C(O)CCC(C)[C@H]1CC[C@@]2(C)C3=CC[C@H]4C(C)(C)C(=O)CC[C@]4(C)C3=CC[C@]12C. The molecule has 4 aliphatic rings. The summed E-state index contributed by atoms with van der Waals surface area (Å²) in [4.78, 5) is 39.8. The molecule has 0 aromatic heterocycles. The second kappa shape index (κ2) is 17.7. The minimum atomic E-state index is -1.74. The summed E-state index contributed by atoms with van der Waals surface area (Å²) < 4.78 is 5.61. The van der Waals surface area contributed by atoms with Gasteiger partial charge in [-0.3, -0.25) is 9.59 Å². The zero-order valence-electron chi connectivity index (χ0n) is 37.5. The number of phenols is 2. The number of aliphatic hydroxyl groups excluding tert-OH is 1. The number of allylic oxidation sites excluding steroid dienone is 9. The number of carbonyl (C=O) groups excluding carboxylic acids is 3. The average molecular weight is 813 g/mol. The Labute approximate surface area is 353 Å². The van der Waals surface area contributed by atoms with Gasteiger partial charge in [0.25, 0.3) is 0 Å². The van der Waals surface area contributed by atoms with Crippen LogP contribution in [-0.2, 0) is 14.3 Å². The van der Waals surface area contributed by atoms with Gasteiger partial charge in [-0.1, -0.05) is 77.0 Å². The molecule has 2 saturated carbocycles. The summed E-state index contributed by atoms with van der Waals surface area (Å²) in [5, 5.41) is 43.0. The van der Waals surface area contributed by atoms with E-state index in [1.54, 1.807) is 0 Å². The molecule has 0 heterocycles. The fourth-order valence-corrected chi connectivity index (χ4v) is 11.4. The number of esters is 1. The van der Waals surface area contributed by atoms with E-state index in [0.29, 0.717) is 43.3 Å². The van der Waals surface area contributed by atoms with E-state index < -0.39 is 30.1 Å². The molecular formula is C51H72O8. The standard InChI is InChI=1S/C51H72O8/c1-32(2)13-11-14-33(3)15-12-16-35(29-42(54)37-30-36(52)18-20-41(37)53)46(57)59-31-51(10,58)45(56)22-17-34(4)38-23-27-50(9)40-19-21-43-47(5,6)44(55)25-26-48(43,7)39(40)24-28-49(38,50)8/h13,15,18-20,24,29-30,34,38,43,45,52-53,56,58H,11-12,14,16-17,21-23,25-28,31H2,1-10H3/b33-15+,35-29-/t34?,38-,43+,45?,48-,49-,50+,51?/m1/s1. The maximum absolute atomic E-state index is 13.5. The van der Waals surface area contributed by atoms with E-state index in [9.17, 15) is 34.8 Å². The maximum Gasteiger partial charge on any atom is 0.334 e. The number of ketones is 2. The Morgan fingerprint density at radius 2 is 1.66 bits per heavy atom. The van der Waals surface area contributed by atoms with Gasteiger partial charge in [0, 0.05) is 17.4 Å². The first-order valence-electron chi connectivity index (χ1n) is 22.1. The molecule has 0 spiro atoms. The van der Waals surface area contributed by atoms with Crippen molar-refractivity contribution in [2.75, 3.05) is 6.61 Å². The Morgan fingerprint density at radius 1 is 0.966 bits per heavy atom. The Bertz CT molecular complexity index is 1940. The third-order valence-corrected chi connectivity index (χ3v) is 15.7. The van der Waals surface area contributed by atoms with E-state index in [4.69, 9.17) is 4.74 Å². The molecule has 5 rings (SSSR count). The Balaban J connectivity index is 1.23. The first-order valence-corrected chi connectivity index (χ1v) is 22.1. The Morgan fingerprint density at radius 3 is 2.36 bits per heavy atom. The normalized spacial score (nSPS) is 29.8. The lowest BCUT2D eigenvalue weighted by atomic mass is 9.44. The van der Waals surface area contributed by atoms with E-state index in [2.05, 4.69) is 73.6 Å². The number of aromatic hydroxyl groups is 2. The van der Waals surface area contributed by atoms with E-state index in [-0.39, 0.29) is 56.6 Å². The lowest BCUT2D eigenvalue weighted by Crippen LogP contribution is -2.53. The summed E-state index contributed by atoms with van der Waals surface area (Å²) in [6, 6.07) is 3.62. The van der Waals surface area contributed by atoms with Gasteiger partial charge < -0.3 is 25.2 Å². The summed E-state index contributed by atoms with van der Waals surface area (Å²) in [5.41, 5.74) is 3.25. The van der Waals surface area contributed by atoms with Crippen molar-refractivity contribution in [1.82, 2.24) is 0 Å². The molecular weight excluding hydrogens is 741 g/mol. The lowest BCUT2D eigenvalue weighted by Gasteiger charge is -2.59. The molecule has 4 aliphatic carbocycles. The summed E-state index contributed by atoms with van der Waals surface area (Å²) in [6.45, 7) is 21.0. The minimum Gasteiger partial charge on any atom is -0.508 e. The zero-order valence-corrected chi connectivity index (χ0v) is 37.5. The second-order valence-electron chi connectivity index (χ2n) is 20.3. The van der Waals surface area contributed by atoms with Crippen LogP contribution in [-0.4, -0.2) is 56.3 Å². The molecule has 0 saturated heterocycles. The molecule has 0 bridgehead atoms. The summed E-state index contributed by atoms with van der Waals surface area (Å²) in [5.74, 6) is -0.595. The molecule has 4 N–H and O–H groups in total. The van der Waals surface area contributed by atoms with Crippen LogP contribution in [0, 0.1) is 39.4 Å². The van der Waals surface area contributed by atoms with Crippen LogP contribution in [0.25, 0.3) is 0 Å². The van der Waals surface area contributed by atoms with Gasteiger partial charge in [0.15, 0.2) is 5.78 Å². The Kier molecular flexibility index (Phi) is 13.9. The van der Waals surface area contributed by atoms with Crippen LogP contribution in [0.4, 0.5) is 0 Å². The fourth-order valence-electron chi connectivity index (χ4n) is 11.4. The number of carbonyl (C=O) groups is 3. The highest BCUT2D eigenvalue weighted by Crippen LogP contribution is 2.71. The number of phenolic OH excluding ortho intramolecular Hbond substituents is 2. The second-order valence-corrected chi connectivity index (χ2v) is 20.3. The third-order valence-electron chi connectivity index (χ3n) is 15.7. The highest BCUT2D eigenvalue weighted by atomic mass is 16.5. The van der Waals surface area contributed by atoms with Crippen molar-refractivity contribution in [2.24, 2.45) is 39.4 Å². The van der Waals surface area contributed by atoms with Gasteiger partial charge in [0.05, 0.1) is 11.7 Å². The zero-order chi connectivity index (χ0) is 43.7. The van der Waals surface area contributed by atoms with Crippen LogP contribution < -0.4 is 0 Å². The number of aliphatic hydroxyl groups is 2. The van der Waals surface area contributed by atoms with E-state index in [1.807, 2.05) is 13.0 Å². The lowest BCUT2D eigenvalue weighted by molar-refractivity contribution is -0.155. The van der Waals surface area contributed by atoms with Crippen molar-refractivity contribution >= 4 is 17.5 Å². The van der Waals surface area contributed by atoms with Gasteiger partial charge in [0.1, 0.15) is 29.5 Å². The number of hydrogen-bond acceptors (Lipinski definition) is 8. The third kappa shape index (κ3) is 9.29. The highest BCUT2D eigenvalue weighted by Gasteiger charge is 2.63. The van der Waals surface area contributed by atoms with Crippen LogP contribution in [0.2, 0.25) is 0 Å². The van der Waals surface area contributed by atoms with Crippen molar-refractivity contribution in [3.8, 4) is 11.5 Å². The molecule has 8 heteroatoms. The number of hydrogen-bond donors (Lipinski definition) is 4. The topological polar surface area (TPSA) is 141 Å². The smallest absolute Gasteiger partial charge is 0.334 e. The molecule has 2 fully saturated rings. The van der Waals surface area contributed by atoms with Crippen molar-refractivity contribution < 1.29 is 39.5 Å². The van der Waals surface area contributed by atoms with Crippen molar-refractivity contribution in [2.45, 2.75) is 158 Å². The molecule has 8 nitrogen and oxygen atoms in total. The van der Waals surface area contributed by atoms with Crippen LogP contribution in [0.1, 0.15) is 157 Å². The number of fused-ring (bicyclic) bond motifs is 5.